The van der Waals surface area contributed by atoms with E-state index in [1.807, 2.05) is 24.3 Å². The van der Waals surface area contributed by atoms with Gasteiger partial charge in [-0.25, -0.2) is 4.39 Å². The highest BCUT2D eigenvalue weighted by atomic mass is 79.9. The van der Waals surface area contributed by atoms with Gasteiger partial charge in [0.1, 0.15) is 11.6 Å². The number of fused-ring (bicyclic) bond motifs is 1. The van der Waals surface area contributed by atoms with Crippen LogP contribution < -0.4 is 4.74 Å². The summed E-state index contributed by atoms with van der Waals surface area (Å²) in [6.07, 6.45) is 0.0408. The molecule has 0 aromatic heterocycles. The Kier molecular flexibility index (Phi) is 3.11. The minimum Gasteiger partial charge on any atom is -0.482 e. The van der Waals surface area contributed by atoms with Gasteiger partial charge in [0.25, 0.3) is 0 Å². The van der Waals surface area contributed by atoms with Crippen molar-refractivity contribution in [1.82, 2.24) is 0 Å². The van der Waals surface area contributed by atoms with Crippen LogP contribution in [-0.2, 0) is 6.42 Å². The van der Waals surface area contributed by atoms with E-state index in [9.17, 15) is 9.18 Å². The summed E-state index contributed by atoms with van der Waals surface area (Å²) < 4.78 is 19.1. The van der Waals surface area contributed by atoms with E-state index in [4.69, 9.17) is 4.74 Å². The van der Waals surface area contributed by atoms with E-state index in [-0.39, 0.29) is 16.1 Å². The average Bonchev–Trinajstić information content (AvgIpc) is 2.85. The van der Waals surface area contributed by atoms with Gasteiger partial charge >= 0.3 is 0 Å². The molecule has 1 aliphatic heterocycles. The number of ketones is 1. The van der Waals surface area contributed by atoms with Gasteiger partial charge in [-0.05, 0) is 45.8 Å². The molecule has 0 aliphatic carbocycles. The van der Waals surface area contributed by atoms with Crippen LogP contribution in [0.5, 0.6) is 5.75 Å². The Bertz CT molecular complexity index is 629. The second kappa shape index (κ2) is 4.78. The molecular formula is C15H10BrFO2. The first-order valence-electron chi connectivity index (χ1n) is 5.89. The fraction of sp³-hybridized carbons (Fsp3) is 0.133. The molecule has 0 saturated carbocycles. The molecule has 19 heavy (non-hydrogen) atoms. The van der Waals surface area contributed by atoms with Crippen LogP contribution in [0.15, 0.2) is 46.9 Å². The van der Waals surface area contributed by atoms with Gasteiger partial charge in [0.05, 0.1) is 4.47 Å². The number of Topliss-reactive ketones (excluding diaryl/α,β-unsaturated/α-hetero) is 1. The molecule has 0 radical (unpaired) electrons. The minimum atomic E-state index is -0.519. The fourth-order valence-electron chi connectivity index (χ4n) is 2.16. The van der Waals surface area contributed by atoms with Crippen LogP contribution in [0.25, 0.3) is 0 Å². The number of carbonyl (C=O) groups excluding carboxylic acids is 1. The molecule has 1 unspecified atom stereocenters. The largest absolute Gasteiger partial charge is 0.482 e. The van der Waals surface area contributed by atoms with Gasteiger partial charge in [0.2, 0.25) is 5.78 Å². The zero-order valence-corrected chi connectivity index (χ0v) is 11.5. The molecule has 1 atom stereocenters. The second-order valence-electron chi connectivity index (χ2n) is 4.41. The van der Waals surface area contributed by atoms with Gasteiger partial charge in [0.15, 0.2) is 6.10 Å². The molecule has 1 aliphatic rings. The number of para-hydroxylation sites is 1. The third-order valence-corrected chi connectivity index (χ3v) is 3.75. The lowest BCUT2D eigenvalue weighted by molar-refractivity contribution is 0.0824. The topological polar surface area (TPSA) is 26.3 Å². The van der Waals surface area contributed by atoms with Crippen molar-refractivity contribution in [1.29, 1.82) is 0 Å². The summed E-state index contributed by atoms with van der Waals surface area (Å²) in [6, 6.07) is 11.8. The number of halogens is 2. The first-order chi connectivity index (χ1) is 9.15. The van der Waals surface area contributed by atoms with Gasteiger partial charge in [-0.3, -0.25) is 4.79 Å². The molecular weight excluding hydrogens is 311 g/mol. The lowest BCUT2D eigenvalue weighted by Gasteiger charge is -2.10. The van der Waals surface area contributed by atoms with E-state index in [0.29, 0.717) is 12.0 Å². The summed E-state index contributed by atoms with van der Waals surface area (Å²) in [5, 5.41) is 0. The van der Waals surface area contributed by atoms with Crippen LogP contribution in [0.2, 0.25) is 0 Å². The predicted molar refractivity (Wildman–Crippen MR) is 73.0 cm³/mol. The van der Waals surface area contributed by atoms with Crippen molar-refractivity contribution in [3.8, 4) is 5.75 Å². The Morgan fingerprint density at radius 1 is 1.26 bits per heavy atom. The standard InChI is InChI=1S/C15H10BrFO2/c16-11-7-10(5-6-12(11)17)15(18)14-8-9-3-1-2-4-13(9)19-14/h1-7,14H,8H2. The van der Waals surface area contributed by atoms with Gasteiger partial charge < -0.3 is 4.74 Å². The zero-order valence-electron chi connectivity index (χ0n) is 9.90. The second-order valence-corrected chi connectivity index (χ2v) is 5.27. The molecule has 0 bridgehead atoms. The summed E-state index contributed by atoms with van der Waals surface area (Å²) in [6.45, 7) is 0. The van der Waals surface area contributed by atoms with Gasteiger partial charge in [-0.15, -0.1) is 0 Å². The molecule has 96 valence electrons. The van der Waals surface area contributed by atoms with E-state index in [0.717, 1.165) is 11.3 Å². The van der Waals surface area contributed by atoms with E-state index in [1.165, 1.54) is 18.2 Å². The van der Waals surface area contributed by atoms with E-state index in [2.05, 4.69) is 15.9 Å². The van der Waals surface area contributed by atoms with Crippen LogP contribution in [0.3, 0.4) is 0 Å². The van der Waals surface area contributed by atoms with Crippen molar-refractivity contribution in [3.63, 3.8) is 0 Å². The number of carbonyl (C=O) groups is 1. The predicted octanol–water partition coefficient (Wildman–Crippen LogP) is 3.77. The number of hydrogen-bond acceptors (Lipinski definition) is 2. The maximum atomic E-state index is 13.2. The maximum absolute atomic E-state index is 13.2. The first-order valence-corrected chi connectivity index (χ1v) is 6.68. The molecule has 3 rings (SSSR count). The van der Waals surface area contributed by atoms with Crippen LogP contribution in [-0.4, -0.2) is 11.9 Å². The van der Waals surface area contributed by atoms with Gasteiger partial charge in [-0.1, -0.05) is 18.2 Å². The highest BCUT2D eigenvalue weighted by Crippen LogP contribution is 2.30. The van der Waals surface area contributed by atoms with Crippen molar-refractivity contribution in [2.24, 2.45) is 0 Å². The molecule has 0 N–H and O–H groups in total. The Balaban J connectivity index is 1.85. The summed E-state index contributed by atoms with van der Waals surface area (Å²) >= 11 is 3.08. The zero-order chi connectivity index (χ0) is 13.4. The Morgan fingerprint density at radius 2 is 2.05 bits per heavy atom. The molecule has 0 saturated heterocycles. The molecule has 0 amide bonds. The van der Waals surface area contributed by atoms with E-state index in [1.54, 1.807) is 0 Å². The van der Waals surface area contributed by atoms with Gasteiger partial charge in [-0.2, -0.15) is 0 Å². The summed E-state index contributed by atoms with van der Waals surface area (Å²) in [5.41, 5.74) is 1.48. The van der Waals surface area contributed by atoms with Crippen LogP contribution in [0.1, 0.15) is 15.9 Å². The molecule has 0 spiro atoms. The monoisotopic (exact) mass is 320 g/mol. The number of benzene rings is 2. The number of rotatable bonds is 2. The number of hydrogen-bond donors (Lipinski definition) is 0. The Morgan fingerprint density at radius 3 is 2.79 bits per heavy atom. The van der Waals surface area contributed by atoms with Crippen LogP contribution in [0, 0.1) is 5.82 Å². The average molecular weight is 321 g/mol. The third kappa shape index (κ3) is 2.28. The van der Waals surface area contributed by atoms with Gasteiger partial charge in [0, 0.05) is 12.0 Å². The molecule has 4 heteroatoms. The van der Waals surface area contributed by atoms with Crippen molar-refractivity contribution in [3.05, 3.63) is 63.9 Å². The van der Waals surface area contributed by atoms with E-state index >= 15 is 0 Å². The molecule has 2 nitrogen and oxygen atoms in total. The fourth-order valence-corrected chi connectivity index (χ4v) is 2.54. The molecule has 2 aromatic rings. The normalized spacial score (nSPS) is 16.8. The van der Waals surface area contributed by atoms with Crippen molar-refractivity contribution in [2.45, 2.75) is 12.5 Å². The lowest BCUT2D eigenvalue weighted by atomic mass is 10.0. The summed E-state index contributed by atoms with van der Waals surface area (Å²) in [4.78, 5) is 12.3. The SMILES string of the molecule is O=C(c1ccc(F)c(Br)c1)C1Cc2ccccc2O1. The van der Waals surface area contributed by atoms with Crippen LogP contribution in [0.4, 0.5) is 4.39 Å². The smallest absolute Gasteiger partial charge is 0.203 e. The summed E-state index contributed by atoms with van der Waals surface area (Å²) in [5.74, 6) is 0.242. The maximum Gasteiger partial charge on any atom is 0.203 e. The Hall–Kier alpha value is -1.68. The molecule has 0 fully saturated rings. The summed E-state index contributed by atoms with van der Waals surface area (Å²) in [7, 11) is 0. The third-order valence-electron chi connectivity index (χ3n) is 3.14. The highest BCUT2D eigenvalue weighted by molar-refractivity contribution is 9.10. The molecule has 2 aromatic carbocycles. The minimum absolute atomic E-state index is 0.128. The first kappa shape index (κ1) is 12.4. The van der Waals surface area contributed by atoms with Crippen molar-refractivity contribution in [2.75, 3.05) is 0 Å². The Labute approximate surface area is 118 Å². The highest BCUT2D eigenvalue weighted by Gasteiger charge is 2.29. The van der Waals surface area contributed by atoms with E-state index < -0.39 is 6.10 Å². The van der Waals surface area contributed by atoms with Crippen LogP contribution >= 0.6 is 15.9 Å². The van der Waals surface area contributed by atoms with Crippen molar-refractivity contribution >= 4 is 21.7 Å². The van der Waals surface area contributed by atoms with Crippen molar-refractivity contribution < 1.29 is 13.9 Å². The quantitative estimate of drug-likeness (QED) is 0.787. The molecule has 1 heterocycles. The lowest BCUT2D eigenvalue weighted by Crippen LogP contribution is -2.25. The number of ether oxygens (including phenoxy) is 1.